The molecular formula is C11H21N3O3. The number of rotatable bonds is 5. The van der Waals surface area contributed by atoms with Gasteiger partial charge in [-0.05, 0) is 13.0 Å². The molecule has 0 unspecified atom stereocenters. The van der Waals surface area contributed by atoms with Crippen LogP contribution in [0.4, 0.5) is 0 Å². The van der Waals surface area contributed by atoms with E-state index < -0.39 is 5.97 Å². The highest BCUT2D eigenvalue weighted by Crippen LogP contribution is 2.03. The zero-order chi connectivity index (χ0) is 12.7. The molecule has 6 heteroatoms. The predicted octanol–water partition coefficient (Wildman–Crippen LogP) is -0.785. The third-order valence-corrected chi connectivity index (χ3v) is 2.83. The van der Waals surface area contributed by atoms with Crippen molar-refractivity contribution in [3.05, 3.63) is 0 Å². The number of amides is 1. The lowest BCUT2D eigenvalue weighted by Gasteiger charge is -2.21. The molecule has 1 aliphatic rings. The zero-order valence-corrected chi connectivity index (χ0v) is 10.3. The molecule has 17 heavy (non-hydrogen) atoms. The summed E-state index contributed by atoms with van der Waals surface area (Å²) in [6.45, 7) is 5.92. The summed E-state index contributed by atoms with van der Waals surface area (Å²) in [5, 5.41) is 11.7. The Hall–Kier alpha value is -1.14. The second-order valence-electron chi connectivity index (χ2n) is 4.18. The Morgan fingerprint density at radius 1 is 1.24 bits per heavy atom. The number of nitrogens with zero attached hydrogens (tertiary/aromatic N) is 2. The van der Waals surface area contributed by atoms with E-state index in [1.165, 1.54) is 0 Å². The standard InChI is InChI=1S/C11H21N3O3/c1-2-12-8-10(15)14-5-3-4-13(6-7-14)9-11(16)17/h12H,2-9H2,1H3,(H,16,17). The van der Waals surface area contributed by atoms with E-state index in [2.05, 4.69) is 5.32 Å². The SMILES string of the molecule is CCNCC(=O)N1CCCN(CC(=O)O)CC1. The first-order chi connectivity index (χ1) is 8.13. The van der Waals surface area contributed by atoms with Crippen molar-refractivity contribution in [2.75, 3.05) is 45.8 Å². The van der Waals surface area contributed by atoms with Gasteiger partial charge in [-0.25, -0.2) is 0 Å². The molecule has 0 radical (unpaired) electrons. The van der Waals surface area contributed by atoms with Crippen LogP contribution in [-0.2, 0) is 9.59 Å². The van der Waals surface area contributed by atoms with Crippen molar-refractivity contribution >= 4 is 11.9 Å². The topological polar surface area (TPSA) is 72.9 Å². The molecule has 1 aliphatic heterocycles. The maximum absolute atomic E-state index is 11.8. The van der Waals surface area contributed by atoms with Crippen molar-refractivity contribution < 1.29 is 14.7 Å². The van der Waals surface area contributed by atoms with E-state index in [1.807, 2.05) is 16.7 Å². The fraction of sp³-hybridized carbons (Fsp3) is 0.818. The summed E-state index contributed by atoms with van der Waals surface area (Å²) in [5.41, 5.74) is 0. The Morgan fingerprint density at radius 2 is 2.00 bits per heavy atom. The van der Waals surface area contributed by atoms with Crippen molar-refractivity contribution in [2.24, 2.45) is 0 Å². The van der Waals surface area contributed by atoms with Gasteiger partial charge in [-0.15, -0.1) is 0 Å². The summed E-state index contributed by atoms with van der Waals surface area (Å²) in [6.07, 6.45) is 0.838. The van der Waals surface area contributed by atoms with Crippen LogP contribution in [0.5, 0.6) is 0 Å². The lowest BCUT2D eigenvalue weighted by molar-refractivity contribution is -0.138. The number of carbonyl (C=O) groups excluding carboxylic acids is 1. The summed E-state index contributed by atoms with van der Waals surface area (Å²) in [4.78, 5) is 26.1. The lowest BCUT2D eigenvalue weighted by atomic mass is 10.3. The van der Waals surface area contributed by atoms with Crippen molar-refractivity contribution in [1.29, 1.82) is 0 Å². The van der Waals surface area contributed by atoms with Gasteiger partial charge in [-0.1, -0.05) is 6.92 Å². The normalized spacial score (nSPS) is 17.8. The molecule has 0 aliphatic carbocycles. The number of aliphatic carboxylic acids is 1. The van der Waals surface area contributed by atoms with Crippen LogP contribution in [0, 0.1) is 0 Å². The molecular weight excluding hydrogens is 222 g/mol. The summed E-state index contributed by atoms with van der Waals surface area (Å²) in [7, 11) is 0. The maximum atomic E-state index is 11.8. The van der Waals surface area contributed by atoms with Crippen LogP contribution in [0.25, 0.3) is 0 Å². The highest BCUT2D eigenvalue weighted by atomic mass is 16.4. The van der Waals surface area contributed by atoms with E-state index in [4.69, 9.17) is 5.11 Å². The number of carboxylic acid groups (broad SMARTS) is 1. The number of carbonyl (C=O) groups is 2. The Bertz CT molecular complexity index is 271. The van der Waals surface area contributed by atoms with Crippen molar-refractivity contribution in [3.8, 4) is 0 Å². The molecule has 2 N–H and O–H groups in total. The second-order valence-corrected chi connectivity index (χ2v) is 4.18. The van der Waals surface area contributed by atoms with Crippen molar-refractivity contribution in [3.63, 3.8) is 0 Å². The molecule has 6 nitrogen and oxygen atoms in total. The summed E-state index contributed by atoms with van der Waals surface area (Å²) < 4.78 is 0. The molecule has 0 atom stereocenters. The summed E-state index contributed by atoms with van der Waals surface area (Å²) >= 11 is 0. The van der Waals surface area contributed by atoms with Gasteiger partial charge in [0.25, 0.3) is 0 Å². The van der Waals surface area contributed by atoms with Crippen molar-refractivity contribution in [2.45, 2.75) is 13.3 Å². The monoisotopic (exact) mass is 243 g/mol. The highest BCUT2D eigenvalue weighted by molar-refractivity contribution is 5.78. The van der Waals surface area contributed by atoms with E-state index in [-0.39, 0.29) is 12.5 Å². The van der Waals surface area contributed by atoms with Gasteiger partial charge >= 0.3 is 5.97 Å². The van der Waals surface area contributed by atoms with E-state index in [1.54, 1.807) is 0 Å². The molecule has 0 aromatic rings. The number of carboxylic acids is 1. The molecule has 1 fully saturated rings. The minimum Gasteiger partial charge on any atom is -0.480 e. The lowest BCUT2D eigenvalue weighted by Crippen LogP contribution is -2.40. The van der Waals surface area contributed by atoms with Gasteiger partial charge in [0.15, 0.2) is 0 Å². The largest absolute Gasteiger partial charge is 0.480 e. The first-order valence-corrected chi connectivity index (χ1v) is 6.06. The molecule has 98 valence electrons. The molecule has 0 aromatic heterocycles. The fourth-order valence-corrected chi connectivity index (χ4v) is 1.91. The average Bonchev–Trinajstić information content (AvgIpc) is 2.51. The minimum absolute atomic E-state index is 0.0647. The number of hydrogen-bond donors (Lipinski definition) is 2. The van der Waals surface area contributed by atoms with E-state index in [9.17, 15) is 9.59 Å². The van der Waals surface area contributed by atoms with Crippen LogP contribution in [0.3, 0.4) is 0 Å². The Balaban J connectivity index is 2.36. The molecule has 0 spiro atoms. The highest BCUT2D eigenvalue weighted by Gasteiger charge is 2.19. The number of hydrogen-bond acceptors (Lipinski definition) is 4. The van der Waals surface area contributed by atoms with Crippen LogP contribution in [0.1, 0.15) is 13.3 Å². The van der Waals surface area contributed by atoms with Crippen LogP contribution >= 0.6 is 0 Å². The first kappa shape index (κ1) is 13.9. The van der Waals surface area contributed by atoms with E-state index in [0.717, 1.165) is 26.1 Å². The minimum atomic E-state index is -0.808. The fourth-order valence-electron chi connectivity index (χ4n) is 1.91. The van der Waals surface area contributed by atoms with Crippen LogP contribution in [-0.4, -0.2) is 72.6 Å². The third-order valence-electron chi connectivity index (χ3n) is 2.83. The van der Waals surface area contributed by atoms with Gasteiger partial charge in [0.1, 0.15) is 0 Å². The molecule has 1 saturated heterocycles. The second kappa shape index (κ2) is 7.24. The Labute approximate surface area is 102 Å². The first-order valence-electron chi connectivity index (χ1n) is 6.06. The predicted molar refractivity (Wildman–Crippen MR) is 63.8 cm³/mol. The quantitative estimate of drug-likeness (QED) is 0.662. The molecule has 1 rings (SSSR count). The van der Waals surface area contributed by atoms with Gasteiger partial charge in [-0.3, -0.25) is 14.5 Å². The van der Waals surface area contributed by atoms with Gasteiger partial charge < -0.3 is 15.3 Å². The van der Waals surface area contributed by atoms with Gasteiger partial charge in [-0.2, -0.15) is 0 Å². The van der Waals surface area contributed by atoms with E-state index in [0.29, 0.717) is 19.6 Å². The van der Waals surface area contributed by atoms with Gasteiger partial charge in [0, 0.05) is 26.2 Å². The molecule has 1 amide bonds. The number of nitrogens with one attached hydrogen (secondary N) is 1. The van der Waals surface area contributed by atoms with E-state index >= 15 is 0 Å². The molecule has 0 bridgehead atoms. The number of likely N-dealkylation sites (N-methyl/N-ethyl adjacent to an activating group) is 1. The molecule has 0 aromatic carbocycles. The summed E-state index contributed by atoms with van der Waals surface area (Å²) in [5.74, 6) is -0.707. The smallest absolute Gasteiger partial charge is 0.317 e. The Kier molecular flexibility index (Phi) is 5.93. The summed E-state index contributed by atoms with van der Waals surface area (Å²) in [6, 6.07) is 0. The van der Waals surface area contributed by atoms with Crippen LogP contribution < -0.4 is 5.32 Å². The van der Waals surface area contributed by atoms with Crippen LogP contribution in [0.15, 0.2) is 0 Å². The van der Waals surface area contributed by atoms with Gasteiger partial charge in [0.2, 0.25) is 5.91 Å². The van der Waals surface area contributed by atoms with Crippen LogP contribution in [0.2, 0.25) is 0 Å². The Morgan fingerprint density at radius 3 is 2.65 bits per heavy atom. The van der Waals surface area contributed by atoms with Crippen molar-refractivity contribution in [1.82, 2.24) is 15.1 Å². The third kappa shape index (κ3) is 5.14. The average molecular weight is 243 g/mol. The maximum Gasteiger partial charge on any atom is 0.317 e. The zero-order valence-electron chi connectivity index (χ0n) is 10.3. The molecule has 1 heterocycles. The van der Waals surface area contributed by atoms with Gasteiger partial charge in [0.05, 0.1) is 13.1 Å². The molecule has 0 saturated carbocycles.